The fourth-order valence-corrected chi connectivity index (χ4v) is 2.33. The third-order valence-electron chi connectivity index (χ3n) is 3.46. The third kappa shape index (κ3) is 3.51. The Morgan fingerprint density at radius 1 is 1.14 bits per heavy atom. The number of nitrogen functional groups attached to an aromatic ring is 1. The second-order valence-corrected chi connectivity index (χ2v) is 5.11. The van der Waals surface area contributed by atoms with Crippen LogP contribution < -0.4 is 16.4 Å². The number of nitrogens with one attached hydrogen (secondary N) is 2. The SMILES string of the molecule is Nc1cnc(NC2CC=CCC2)nc1Nc1ccccc1. The minimum Gasteiger partial charge on any atom is -0.394 e. The van der Waals surface area contributed by atoms with Crippen LogP contribution in [0.4, 0.5) is 23.1 Å². The minimum atomic E-state index is 0.392. The smallest absolute Gasteiger partial charge is 0.224 e. The van der Waals surface area contributed by atoms with Gasteiger partial charge in [0.25, 0.3) is 0 Å². The van der Waals surface area contributed by atoms with Crippen LogP contribution >= 0.6 is 0 Å². The molecule has 5 nitrogen and oxygen atoms in total. The highest BCUT2D eigenvalue weighted by molar-refractivity contribution is 5.68. The molecular formula is C16H19N5. The third-order valence-corrected chi connectivity index (χ3v) is 3.46. The van der Waals surface area contributed by atoms with E-state index >= 15 is 0 Å². The lowest BCUT2D eigenvalue weighted by atomic mass is 10.0. The second-order valence-electron chi connectivity index (χ2n) is 5.11. The van der Waals surface area contributed by atoms with Gasteiger partial charge in [0.2, 0.25) is 5.95 Å². The molecule has 0 radical (unpaired) electrons. The summed E-state index contributed by atoms with van der Waals surface area (Å²) >= 11 is 0. The topological polar surface area (TPSA) is 75.9 Å². The van der Waals surface area contributed by atoms with Gasteiger partial charge >= 0.3 is 0 Å². The maximum atomic E-state index is 5.94. The molecule has 1 atom stereocenters. The van der Waals surface area contributed by atoms with Crippen LogP contribution in [0.2, 0.25) is 0 Å². The van der Waals surface area contributed by atoms with Crippen LogP contribution in [-0.2, 0) is 0 Å². The number of rotatable bonds is 4. The zero-order valence-electron chi connectivity index (χ0n) is 11.8. The molecule has 0 amide bonds. The Morgan fingerprint density at radius 3 is 2.76 bits per heavy atom. The van der Waals surface area contributed by atoms with Crippen LogP contribution in [0.25, 0.3) is 0 Å². The number of hydrogen-bond acceptors (Lipinski definition) is 5. The molecule has 108 valence electrons. The average molecular weight is 281 g/mol. The number of anilines is 4. The van der Waals surface area contributed by atoms with Gasteiger partial charge in [0, 0.05) is 11.7 Å². The lowest BCUT2D eigenvalue weighted by molar-refractivity contribution is 0.639. The van der Waals surface area contributed by atoms with Crippen molar-refractivity contribution in [3.63, 3.8) is 0 Å². The zero-order valence-corrected chi connectivity index (χ0v) is 11.8. The Balaban J connectivity index is 1.74. The Labute approximate surface area is 124 Å². The molecular weight excluding hydrogens is 262 g/mol. The highest BCUT2D eigenvalue weighted by Crippen LogP contribution is 2.22. The fraction of sp³-hybridized carbons (Fsp3) is 0.250. The van der Waals surface area contributed by atoms with Gasteiger partial charge in [0.05, 0.1) is 11.9 Å². The number of benzene rings is 1. The van der Waals surface area contributed by atoms with E-state index in [0.717, 1.165) is 24.9 Å². The largest absolute Gasteiger partial charge is 0.394 e. The molecule has 4 N–H and O–H groups in total. The van der Waals surface area contributed by atoms with Gasteiger partial charge < -0.3 is 16.4 Å². The first kappa shape index (κ1) is 13.4. The number of nitrogens with zero attached hydrogens (tertiary/aromatic N) is 2. The van der Waals surface area contributed by atoms with Crippen molar-refractivity contribution in [3.05, 3.63) is 48.7 Å². The molecule has 0 saturated heterocycles. The first-order chi connectivity index (χ1) is 10.3. The quantitative estimate of drug-likeness (QED) is 0.749. The van der Waals surface area contributed by atoms with Crippen LogP contribution in [0.15, 0.2) is 48.7 Å². The second kappa shape index (κ2) is 6.26. The Bertz CT molecular complexity index is 624. The monoisotopic (exact) mass is 281 g/mol. The number of nitrogens with two attached hydrogens (primary N) is 1. The van der Waals surface area contributed by atoms with E-state index in [1.54, 1.807) is 6.20 Å². The number of para-hydroxylation sites is 1. The minimum absolute atomic E-state index is 0.392. The molecule has 21 heavy (non-hydrogen) atoms. The normalized spacial score (nSPS) is 17.4. The molecule has 1 heterocycles. The predicted octanol–water partition coefficient (Wildman–Crippen LogP) is 3.32. The summed E-state index contributed by atoms with van der Waals surface area (Å²) in [7, 11) is 0. The fourth-order valence-electron chi connectivity index (χ4n) is 2.33. The van der Waals surface area contributed by atoms with E-state index < -0.39 is 0 Å². The van der Waals surface area contributed by atoms with Gasteiger partial charge in [0.15, 0.2) is 5.82 Å². The number of aromatic nitrogens is 2. The summed E-state index contributed by atoms with van der Waals surface area (Å²) in [6, 6.07) is 10.2. The van der Waals surface area contributed by atoms with Crippen molar-refractivity contribution in [2.75, 3.05) is 16.4 Å². The van der Waals surface area contributed by atoms with E-state index in [0.29, 0.717) is 23.5 Å². The molecule has 3 rings (SSSR count). The van der Waals surface area contributed by atoms with Crippen LogP contribution in [0.1, 0.15) is 19.3 Å². The van der Waals surface area contributed by atoms with Gasteiger partial charge in [-0.15, -0.1) is 0 Å². The van der Waals surface area contributed by atoms with E-state index in [1.807, 2.05) is 30.3 Å². The Kier molecular flexibility index (Phi) is 4.00. The summed E-state index contributed by atoms with van der Waals surface area (Å²) in [4.78, 5) is 8.74. The molecule has 1 aromatic heterocycles. The molecule has 0 fully saturated rings. The van der Waals surface area contributed by atoms with Gasteiger partial charge in [-0.25, -0.2) is 4.98 Å². The van der Waals surface area contributed by atoms with Crippen LogP contribution in [0.3, 0.4) is 0 Å². The summed E-state index contributed by atoms with van der Waals surface area (Å²) in [6.07, 6.45) is 9.26. The van der Waals surface area contributed by atoms with Gasteiger partial charge in [-0.3, -0.25) is 0 Å². The molecule has 0 saturated carbocycles. The summed E-state index contributed by atoms with van der Waals surface area (Å²) in [5, 5.41) is 6.58. The van der Waals surface area contributed by atoms with E-state index in [-0.39, 0.29) is 0 Å². The van der Waals surface area contributed by atoms with E-state index in [9.17, 15) is 0 Å². The highest BCUT2D eigenvalue weighted by atomic mass is 15.2. The van der Waals surface area contributed by atoms with Crippen molar-refractivity contribution >= 4 is 23.1 Å². The number of allylic oxidation sites excluding steroid dienone is 1. The molecule has 1 unspecified atom stereocenters. The van der Waals surface area contributed by atoms with Crippen LogP contribution in [-0.4, -0.2) is 16.0 Å². The summed E-state index contributed by atoms with van der Waals surface area (Å²) in [5.41, 5.74) is 7.43. The molecule has 5 heteroatoms. The molecule has 1 aromatic carbocycles. The first-order valence-corrected chi connectivity index (χ1v) is 7.17. The van der Waals surface area contributed by atoms with Crippen molar-refractivity contribution in [1.29, 1.82) is 0 Å². The van der Waals surface area contributed by atoms with E-state index in [1.165, 1.54) is 0 Å². The Morgan fingerprint density at radius 2 is 2.00 bits per heavy atom. The van der Waals surface area contributed by atoms with Crippen LogP contribution in [0, 0.1) is 0 Å². The lowest BCUT2D eigenvalue weighted by Gasteiger charge is -2.19. The maximum Gasteiger partial charge on any atom is 0.224 e. The van der Waals surface area contributed by atoms with Crippen molar-refractivity contribution in [1.82, 2.24) is 9.97 Å². The van der Waals surface area contributed by atoms with Gasteiger partial charge in [-0.1, -0.05) is 30.4 Å². The standard InChI is InChI=1S/C16H19N5/c17-14-11-18-16(20-13-9-5-2-6-10-13)21-15(14)19-12-7-3-1-4-8-12/h1-5,7-8,11,13H,6,9-10,17H2,(H2,18,19,20,21). The molecule has 0 bridgehead atoms. The predicted molar refractivity (Wildman–Crippen MR) is 86.6 cm³/mol. The van der Waals surface area contributed by atoms with Crippen molar-refractivity contribution in [2.45, 2.75) is 25.3 Å². The van der Waals surface area contributed by atoms with Crippen molar-refractivity contribution in [3.8, 4) is 0 Å². The first-order valence-electron chi connectivity index (χ1n) is 7.17. The van der Waals surface area contributed by atoms with Gasteiger partial charge in [0.1, 0.15) is 0 Å². The van der Waals surface area contributed by atoms with E-state index in [4.69, 9.17) is 5.73 Å². The van der Waals surface area contributed by atoms with Gasteiger partial charge in [-0.05, 0) is 31.4 Å². The molecule has 2 aromatic rings. The van der Waals surface area contributed by atoms with Gasteiger partial charge in [-0.2, -0.15) is 4.98 Å². The summed E-state index contributed by atoms with van der Waals surface area (Å²) in [5.74, 6) is 1.24. The van der Waals surface area contributed by atoms with Crippen molar-refractivity contribution < 1.29 is 0 Å². The van der Waals surface area contributed by atoms with E-state index in [2.05, 4.69) is 32.8 Å². The molecule has 0 aliphatic heterocycles. The van der Waals surface area contributed by atoms with Crippen LogP contribution in [0.5, 0.6) is 0 Å². The average Bonchev–Trinajstić information content (AvgIpc) is 2.53. The highest BCUT2D eigenvalue weighted by Gasteiger charge is 2.12. The number of hydrogen-bond donors (Lipinski definition) is 3. The van der Waals surface area contributed by atoms with Crippen molar-refractivity contribution in [2.24, 2.45) is 0 Å². The Hall–Kier alpha value is -2.56. The zero-order chi connectivity index (χ0) is 14.5. The molecule has 1 aliphatic rings. The summed E-state index contributed by atoms with van der Waals surface area (Å²) in [6.45, 7) is 0. The molecule has 1 aliphatic carbocycles. The maximum absolute atomic E-state index is 5.94. The summed E-state index contributed by atoms with van der Waals surface area (Å²) < 4.78 is 0. The molecule has 0 spiro atoms. The lowest BCUT2D eigenvalue weighted by Crippen LogP contribution is -2.22.